The Bertz CT molecular complexity index is 763. The first-order valence-electron chi connectivity index (χ1n) is 8.44. The Morgan fingerprint density at radius 2 is 1.17 bits per heavy atom. The van der Waals surface area contributed by atoms with E-state index in [0.717, 1.165) is 5.56 Å². The smallest absolute Gasteiger partial charge is 0.163 e. The maximum atomic E-state index is 12.8. The summed E-state index contributed by atoms with van der Waals surface area (Å²) in [6.07, 6.45) is 0.518. The third-order valence-electron chi connectivity index (χ3n) is 4.66. The number of hydrogen-bond acceptors (Lipinski definition) is 1. The maximum absolute atomic E-state index is 12.8. The Hall–Kier alpha value is -2.67. The van der Waals surface area contributed by atoms with Crippen molar-refractivity contribution in [3.8, 4) is 0 Å². The Morgan fingerprint density at radius 1 is 0.708 bits per heavy atom. The van der Waals surface area contributed by atoms with Gasteiger partial charge < -0.3 is 0 Å². The molecule has 0 fully saturated rings. The van der Waals surface area contributed by atoms with Crippen molar-refractivity contribution in [2.24, 2.45) is 0 Å². The highest BCUT2D eigenvalue weighted by molar-refractivity contribution is 5.96. The minimum atomic E-state index is 0.168. The molecule has 0 amide bonds. The average molecular weight is 314 g/mol. The molecule has 3 rings (SSSR count). The number of carbonyl (C=O) groups is 1. The SMILES string of the molecule is C[C@@H](c1ccccc1)[C@H](CC(=O)c1ccccc1)c1ccccc1. The van der Waals surface area contributed by atoms with Crippen LogP contribution in [0.1, 0.15) is 46.7 Å². The molecule has 1 heteroatoms. The molecule has 0 saturated heterocycles. The molecule has 0 bridgehead atoms. The Kier molecular flexibility index (Phi) is 5.22. The predicted molar refractivity (Wildman–Crippen MR) is 99.4 cm³/mol. The molecule has 0 spiro atoms. The van der Waals surface area contributed by atoms with Gasteiger partial charge in [-0.1, -0.05) is 97.9 Å². The lowest BCUT2D eigenvalue weighted by molar-refractivity contribution is 0.0970. The van der Waals surface area contributed by atoms with E-state index in [1.165, 1.54) is 11.1 Å². The Labute approximate surface area is 144 Å². The van der Waals surface area contributed by atoms with Crippen LogP contribution in [0.25, 0.3) is 0 Å². The van der Waals surface area contributed by atoms with Gasteiger partial charge in [-0.2, -0.15) is 0 Å². The summed E-state index contributed by atoms with van der Waals surface area (Å²) in [5.41, 5.74) is 3.28. The fourth-order valence-corrected chi connectivity index (χ4v) is 3.21. The summed E-state index contributed by atoms with van der Waals surface area (Å²) in [6, 6.07) is 30.4. The van der Waals surface area contributed by atoms with Crippen molar-refractivity contribution in [3.05, 3.63) is 108 Å². The van der Waals surface area contributed by atoms with Crippen LogP contribution >= 0.6 is 0 Å². The molecular formula is C23H22O. The molecule has 3 aromatic carbocycles. The van der Waals surface area contributed by atoms with Gasteiger partial charge in [0.25, 0.3) is 0 Å². The van der Waals surface area contributed by atoms with E-state index in [1.54, 1.807) is 0 Å². The molecule has 0 aliphatic rings. The molecule has 1 nitrogen and oxygen atoms in total. The van der Waals surface area contributed by atoms with E-state index in [2.05, 4.69) is 43.3 Å². The average Bonchev–Trinajstić information content (AvgIpc) is 2.67. The van der Waals surface area contributed by atoms with E-state index < -0.39 is 0 Å². The van der Waals surface area contributed by atoms with Crippen LogP contribution in [0, 0.1) is 0 Å². The molecule has 0 heterocycles. The van der Waals surface area contributed by atoms with E-state index >= 15 is 0 Å². The molecule has 120 valence electrons. The van der Waals surface area contributed by atoms with Crippen molar-refractivity contribution in [2.75, 3.05) is 0 Å². The van der Waals surface area contributed by atoms with Crippen LogP contribution < -0.4 is 0 Å². The van der Waals surface area contributed by atoms with E-state index in [-0.39, 0.29) is 17.6 Å². The van der Waals surface area contributed by atoms with Crippen LogP contribution in [0.2, 0.25) is 0 Å². The zero-order valence-electron chi connectivity index (χ0n) is 13.9. The van der Waals surface area contributed by atoms with Gasteiger partial charge in [-0.25, -0.2) is 0 Å². The molecule has 0 unspecified atom stereocenters. The molecule has 0 aromatic heterocycles. The van der Waals surface area contributed by atoms with Crippen molar-refractivity contribution in [2.45, 2.75) is 25.2 Å². The van der Waals surface area contributed by atoms with Crippen molar-refractivity contribution in [1.82, 2.24) is 0 Å². The molecule has 0 aliphatic heterocycles. The predicted octanol–water partition coefficient (Wildman–Crippen LogP) is 5.85. The van der Waals surface area contributed by atoms with Crippen molar-refractivity contribution in [3.63, 3.8) is 0 Å². The highest BCUT2D eigenvalue weighted by Gasteiger charge is 2.24. The van der Waals surface area contributed by atoms with Gasteiger partial charge in [-0.05, 0) is 23.0 Å². The molecular weight excluding hydrogens is 292 g/mol. The van der Waals surface area contributed by atoms with Gasteiger partial charge in [-0.3, -0.25) is 4.79 Å². The third-order valence-corrected chi connectivity index (χ3v) is 4.66. The van der Waals surface area contributed by atoms with Crippen LogP contribution in [0.3, 0.4) is 0 Å². The number of hydrogen-bond donors (Lipinski definition) is 0. The van der Waals surface area contributed by atoms with E-state index in [0.29, 0.717) is 6.42 Å². The van der Waals surface area contributed by atoms with Crippen LogP contribution in [0.15, 0.2) is 91.0 Å². The summed E-state index contributed by atoms with van der Waals surface area (Å²) in [7, 11) is 0. The minimum absolute atomic E-state index is 0.168. The fourth-order valence-electron chi connectivity index (χ4n) is 3.21. The number of ketones is 1. The van der Waals surface area contributed by atoms with Gasteiger partial charge in [0, 0.05) is 12.0 Å². The zero-order valence-corrected chi connectivity index (χ0v) is 13.9. The third kappa shape index (κ3) is 3.80. The zero-order chi connectivity index (χ0) is 16.8. The topological polar surface area (TPSA) is 17.1 Å². The van der Waals surface area contributed by atoms with Crippen LogP contribution in [0.5, 0.6) is 0 Å². The highest BCUT2D eigenvalue weighted by atomic mass is 16.1. The van der Waals surface area contributed by atoms with Crippen molar-refractivity contribution in [1.29, 1.82) is 0 Å². The first-order chi connectivity index (χ1) is 11.8. The van der Waals surface area contributed by atoms with Crippen LogP contribution in [-0.2, 0) is 0 Å². The first kappa shape index (κ1) is 16.2. The van der Waals surface area contributed by atoms with Crippen molar-refractivity contribution < 1.29 is 4.79 Å². The van der Waals surface area contributed by atoms with Gasteiger partial charge >= 0.3 is 0 Å². The van der Waals surface area contributed by atoms with Gasteiger partial charge in [-0.15, -0.1) is 0 Å². The standard InChI is InChI=1S/C23H22O/c1-18(19-11-5-2-6-12-19)22(20-13-7-3-8-14-20)17-23(24)21-15-9-4-10-16-21/h2-16,18,22H,17H2,1H3/t18-,22-/m0/s1. The summed E-state index contributed by atoms with van der Waals surface area (Å²) in [5, 5.41) is 0. The van der Waals surface area contributed by atoms with Crippen LogP contribution in [-0.4, -0.2) is 5.78 Å². The second-order valence-corrected chi connectivity index (χ2v) is 6.21. The summed E-state index contributed by atoms with van der Waals surface area (Å²) in [6.45, 7) is 2.21. The van der Waals surface area contributed by atoms with Gasteiger partial charge in [0.15, 0.2) is 5.78 Å². The molecule has 24 heavy (non-hydrogen) atoms. The van der Waals surface area contributed by atoms with E-state index in [4.69, 9.17) is 0 Å². The molecule has 0 N–H and O–H groups in total. The lowest BCUT2D eigenvalue weighted by Crippen LogP contribution is -2.14. The van der Waals surface area contributed by atoms with E-state index in [9.17, 15) is 4.79 Å². The Balaban J connectivity index is 1.90. The summed E-state index contributed by atoms with van der Waals surface area (Å²) >= 11 is 0. The van der Waals surface area contributed by atoms with Gasteiger partial charge in [0.2, 0.25) is 0 Å². The van der Waals surface area contributed by atoms with Crippen LogP contribution in [0.4, 0.5) is 0 Å². The summed E-state index contributed by atoms with van der Waals surface area (Å²) in [4.78, 5) is 12.8. The fraction of sp³-hybridized carbons (Fsp3) is 0.174. The largest absolute Gasteiger partial charge is 0.294 e. The van der Waals surface area contributed by atoms with Crippen molar-refractivity contribution >= 4 is 5.78 Å². The summed E-state index contributed by atoms with van der Waals surface area (Å²) in [5.74, 6) is 0.648. The van der Waals surface area contributed by atoms with Gasteiger partial charge in [0.1, 0.15) is 0 Å². The summed E-state index contributed by atoms with van der Waals surface area (Å²) < 4.78 is 0. The van der Waals surface area contributed by atoms with Gasteiger partial charge in [0.05, 0.1) is 0 Å². The molecule has 2 atom stereocenters. The lowest BCUT2D eigenvalue weighted by Gasteiger charge is -2.24. The second-order valence-electron chi connectivity index (χ2n) is 6.21. The molecule has 3 aromatic rings. The number of Topliss-reactive ketones (excluding diaryl/α,β-unsaturated/α-hetero) is 1. The monoisotopic (exact) mass is 314 g/mol. The molecule has 0 aliphatic carbocycles. The molecule has 0 saturated carbocycles. The van der Waals surface area contributed by atoms with E-state index in [1.807, 2.05) is 54.6 Å². The maximum Gasteiger partial charge on any atom is 0.163 e. The quantitative estimate of drug-likeness (QED) is 0.522. The Morgan fingerprint density at radius 3 is 1.71 bits per heavy atom. The number of rotatable bonds is 6. The lowest BCUT2D eigenvalue weighted by atomic mass is 9.79. The molecule has 0 radical (unpaired) electrons. The number of benzene rings is 3. The highest BCUT2D eigenvalue weighted by Crippen LogP contribution is 2.36. The first-order valence-corrected chi connectivity index (χ1v) is 8.44. The second kappa shape index (κ2) is 7.74. The number of carbonyl (C=O) groups excluding carboxylic acids is 1. The minimum Gasteiger partial charge on any atom is -0.294 e. The normalized spacial score (nSPS) is 13.2.